The molecule has 0 unspecified atom stereocenters. The molecular weight excluding hydrogens is 276 g/mol. The van der Waals surface area contributed by atoms with Crippen molar-refractivity contribution in [2.75, 3.05) is 25.5 Å². The Morgan fingerprint density at radius 3 is 2.93 bits per heavy atom. The molecule has 0 aromatic carbocycles. The average Bonchev–Trinajstić information content (AvgIpc) is 2.64. The monoisotopic (exact) mass is 290 g/mol. The predicted molar refractivity (Wildman–Crippen MR) is 68.6 cm³/mol. The van der Waals surface area contributed by atoms with Crippen molar-refractivity contribution < 1.29 is 4.79 Å². The van der Waals surface area contributed by atoms with E-state index >= 15 is 0 Å². The van der Waals surface area contributed by atoms with Gasteiger partial charge in [0.25, 0.3) is 0 Å². The molecule has 3 nitrogen and oxygen atoms in total. The minimum Gasteiger partial charge on any atom is -0.320 e. The number of anilines is 1. The van der Waals surface area contributed by atoms with Crippen molar-refractivity contribution in [1.29, 1.82) is 0 Å². The first kappa shape index (κ1) is 12.7. The Labute approximate surface area is 103 Å². The van der Waals surface area contributed by atoms with Crippen molar-refractivity contribution in [2.45, 2.75) is 12.8 Å². The second-order valence-electron chi connectivity index (χ2n) is 3.26. The normalized spacial score (nSPS) is 10.3. The van der Waals surface area contributed by atoms with Gasteiger partial charge in [-0.15, -0.1) is 11.3 Å². The minimum atomic E-state index is 0.166. The fourth-order valence-electron chi connectivity index (χ4n) is 1.19. The SMILES string of the molecule is CNCCCC(=O)N(C)c1cc(Br)cs1. The molecule has 84 valence electrons. The molecule has 0 spiro atoms. The smallest absolute Gasteiger partial charge is 0.227 e. The fraction of sp³-hybridized carbons (Fsp3) is 0.500. The van der Waals surface area contributed by atoms with Gasteiger partial charge in [-0.3, -0.25) is 4.79 Å². The van der Waals surface area contributed by atoms with E-state index in [0.717, 1.165) is 22.4 Å². The molecule has 0 aliphatic rings. The predicted octanol–water partition coefficient (Wildman–Crippen LogP) is 2.47. The average molecular weight is 291 g/mol. The van der Waals surface area contributed by atoms with Crippen molar-refractivity contribution in [3.63, 3.8) is 0 Å². The number of nitrogens with one attached hydrogen (secondary N) is 1. The van der Waals surface area contributed by atoms with Crippen LogP contribution in [-0.4, -0.2) is 26.5 Å². The van der Waals surface area contributed by atoms with Crippen molar-refractivity contribution in [1.82, 2.24) is 5.32 Å². The molecule has 15 heavy (non-hydrogen) atoms. The van der Waals surface area contributed by atoms with Gasteiger partial charge in [0.1, 0.15) is 0 Å². The highest BCUT2D eigenvalue weighted by Crippen LogP contribution is 2.27. The molecule has 1 aromatic rings. The molecule has 0 aliphatic heterocycles. The summed E-state index contributed by atoms with van der Waals surface area (Å²) in [6.45, 7) is 0.883. The lowest BCUT2D eigenvalue weighted by Crippen LogP contribution is -2.25. The second-order valence-corrected chi connectivity index (χ2v) is 5.07. The van der Waals surface area contributed by atoms with Crippen LogP contribution in [-0.2, 0) is 4.79 Å². The molecule has 0 radical (unpaired) electrons. The molecule has 1 amide bonds. The van der Waals surface area contributed by atoms with Crippen molar-refractivity contribution in [2.24, 2.45) is 0 Å². The van der Waals surface area contributed by atoms with Crippen LogP contribution in [0.5, 0.6) is 0 Å². The van der Waals surface area contributed by atoms with E-state index in [2.05, 4.69) is 21.2 Å². The molecule has 0 atom stereocenters. The maximum absolute atomic E-state index is 11.7. The number of rotatable bonds is 5. The van der Waals surface area contributed by atoms with Crippen LogP contribution in [0.1, 0.15) is 12.8 Å². The van der Waals surface area contributed by atoms with Crippen molar-refractivity contribution in [3.8, 4) is 0 Å². The molecule has 0 bridgehead atoms. The van der Waals surface area contributed by atoms with E-state index in [4.69, 9.17) is 0 Å². The summed E-state index contributed by atoms with van der Waals surface area (Å²) in [5, 5.41) is 5.99. The Bertz CT molecular complexity index is 327. The van der Waals surface area contributed by atoms with Crippen LogP contribution in [0.2, 0.25) is 0 Å². The second kappa shape index (κ2) is 6.25. The molecule has 5 heteroatoms. The highest BCUT2D eigenvalue weighted by atomic mass is 79.9. The summed E-state index contributed by atoms with van der Waals surface area (Å²) in [5.41, 5.74) is 0. The molecule has 0 aliphatic carbocycles. The first-order chi connectivity index (χ1) is 7.15. The summed E-state index contributed by atoms with van der Waals surface area (Å²) < 4.78 is 1.03. The van der Waals surface area contributed by atoms with Gasteiger partial charge >= 0.3 is 0 Å². The molecule has 0 saturated carbocycles. The third-order valence-electron chi connectivity index (χ3n) is 2.08. The van der Waals surface area contributed by atoms with E-state index in [9.17, 15) is 4.79 Å². The topological polar surface area (TPSA) is 32.3 Å². The summed E-state index contributed by atoms with van der Waals surface area (Å²) in [6.07, 6.45) is 1.47. The zero-order valence-corrected chi connectivity index (χ0v) is 11.3. The van der Waals surface area contributed by atoms with Gasteiger partial charge in [0.2, 0.25) is 5.91 Å². The Morgan fingerprint density at radius 2 is 2.40 bits per heavy atom. The van der Waals surface area contributed by atoms with E-state index in [-0.39, 0.29) is 5.91 Å². The summed E-state index contributed by atoms with van der Waals surface area (Å²) in [6, 6.07) is 1.96. The number of hydrogen-bond acceptors (Lipinski definition) is 3. The minimum absolute atomic E-state index is 0.166. The van der Waals surface area contributed by atoms with Crippen LogP contribution >= 0.6 is 27.3 Å². The number of carbonyl (C=O) groups is 1. The van der Waals surface area contributed by atoms with E-state index in [1.807, 2.05) is 25.5 Å². The fourth-order valence-corrected chi connectivity index (χ4v) is 2.59. The van der Waals surface area contributed by atoms with Crippen LogP contribution < -0.4 is 10.2 Å². The van der Waals surface area contributed by atoms with Crippen LogP contribution in [0.4, 0.5) is 5.00 Å². The van der Waals surface area contributed by atoms with E-state index < -0.39 is 0 Å². The molecular formula is C10H15BrN2OS. The number of thiophene rings is 1. The molecule has 0 fully saturated rings. The highest BCUT2D eigenvalue weighted by Gasteiger charge is 2.11. The van der Waals surface area contributed by atoms with Crippen LogP contribution in [0.15, 0.2) is 15.9 Å². The zero-order valence-electron chi connectivity index (χ0n) is 8.92. The lowest BCUT2D eigenvalue weighted by atomic mass is 10.3. The highest BCUT2D eigenvalue weighted by molar-refractivity contribution is 9.10. The van der Waals surface area contributed by atoms with Gasteiger partial charge < -0.3 is 10.2 Å². The van der Waals surface area contributed by atoms with Crippen LogP contribution in [0, 0.1) is 0 Å². The van der Waals surface area contributed by atoms with Gasteiger partial charge in [0.05, 0.1) is 5.00 Å². The van der Waals surface area contributed by atoms with E-state index in [1.54, 1.807) is 16.2 Å². The number of amides is 1. The Balaban J connectivity index is 2.46. The van der Waals surface area contributed by atoms with Crippen molar-refractivity contribution in [3.05, 3.63) is 15.9 Å². The third-order valence-corrected chi connectivity index (χ3v) is 3.84. The van der Waals surface area contributed by atoms with Gasteiger partial charge in [-0.2, -0.15) is 0 Å². The van der Waals surface area contributed by atoms with Crippen LogP contribution in [0.25, 0.3) is 0 Å². The summed E-state index contributed by atoms with van der Waals surface area (Å²) in [4.78, 5) is 13.4. The van der Waals surface area contributed by atoms with Gasteiger partial charge in [-0.05, 0) is 42.0 Å². The van der Waals surface area contributed by atoms with E-state index in [1.165, 1.54) is 0 Å². The lowest BCUT2D eigenvalue weighted by Gasteiger charge is -2.14. The Morgan fingerprint density at radius 1 is 1.67 bits per heavy atom. The lowest BCUT2D eigenvalue weighted by molar-refractivity contribution is -0.118. The number of halogens is 1. The molecule has 1 heterocycles. The Kier molecular flexibility index (Phi) is 5.28. The van der Waals surface area contributed by atoms with Crippen molar-refractivity contribution >= 4 is 38.2 Å². The first-order valence-corrected chi connectivity index (χ1v) is 6.47. The number of carbonyl (C=O) groups excluding carboxylic acids is 1. The largest absolute Gasteiger partial charge is 0.320 e. The van der Waals surface area contributed by atoms with Crippen LogP contribution in [0.3, 0.4) is 0 Å². The van der Waals surface area contributed by atoms with Gasteiger partial charge in [-0.25, -0.2) is 0 Å². The summed E-state index contributed by atoms with van der Waals surface area (Å²) in [5.74, 6) is 0.166. The van der Waals surface area contributed by atoms with Gasteiger partial charge in [-0.1, -0.05) is 0 Å². The van der Waals surface area contributed by atoms with E-state index in [0.29, 0.717) is 6.42 Å². The molecule has 1 rings (SSSR count). The molecule has 0 saturated heterocycles. The number of hydrogen-bond donors (Lipinski definition) is 1. The third kappa shape index (κ3) is 3.93. The number of nitrogens with zero attached hydrogens (tertiary/aromatic N) is 1. The van der Waals surface area contributed by atoms with Gasteiger partial charge in [0.15, 0.2) is 0 Å². The maximum atomic E-state index is 11.7. The summed E-state index contributed by atoms with van der Waals surface area (Å²) in [7, 11) is 3.71. The molecule has 1 N–H and O–H groups in total. The quantitative estimate of drug-likeness (QED) is 0.845. The van der Waals surface area contributed by atoms with Gasteiger partial charge in [0, 0.05) is 23.3 Å². The maximum Gasteiger partial charge on any atom is 0.227 e. The zero-order chi connectivity index (χ0) is 11.3. The Hall–Kier alpha value is -0.390. The summed E-state index contributed by atoms with van der Waals surface area (Å²) >= 11 is 4.94. The molecule has 1 aromatic heterocycles. The first-order valence-electron chi connectivity index (χ1n) is 4.80. The standard InChI is InChI=1S/C10H15BrN2OS/c1-12-5-3-4-9(14)13(2)10-6-8(11)7-15-10/h6-7,12H,3-5H2,1-2H3.